The average molecular weight is 427 g/mol. The Labute approximate surface area is 187 Å². The van der Waals surface area contributed by atoms with Crippen LogP contribution in [0.15, 0.2) is 77.6 Å². The summed E-state index contributed by atoms with van der Waals surface area (Å²) in [6.45, 7) is 4.53. The summed E-state index contributed by atoms with van der Waals surface area (Å²) in [5.41, 5.74) is 2.41. The topological polar surface area (TPSA) is 60.2 Å². The van der Waals surface area contributed by atoms with Crippen LogP contribution in [0, 0.1) is 0 Å². The van der Waals surface area contributed by atoms with Crippen molar-refractivity contribution in [3.63, 3.8) is 0 Å². The first-order valence-corrected chi connectivity index (χ1v) is 11.1. The number of fused-ring (bicyclic) bond motifs is 1. The van der Waals surface area contributed by atoms with Crippen molar-refractivity contribution in [3.05, 3.63) is 94.4 Å². The van der Waals surface area contributed by atoms with Gasteiger partial charge in [0.05, 0.1) is 19.8 Å². The second-order valence-electron chi connectivity index (χ2n) is 8.05. The molecule has 0 N–H and O–H groups in total. The standard InChI is InChI=1S/C26H26N4O2/c31-26-24(19-20-7-2-1-3-8-20)27-25(23-12-6-10-21-9-4-5-11-22(21)23)28-30(26)14-13-29-15-17-32-18-16-29/h1-12H,13-19H2. The van der Waals surface area contributed by atoms with Crippen LogP contribution < -0.4 is 5.56 Å². The summed E-state index contributed by atoms with van der Waals surface area (Å²) in [7, 11) is 0. The monoisotopic (exact) mass is 426 g/mol. The van der Waals surface area contributed by atoms with Gasteiger partial charge in [0, 0.05) is 31.6 Å². The van der Waals surface area contributed by atoms with Gasteiger partial charge in [-0.25, -0.2) is 9.67 Å². The molecule has 0 saturated carbocycles. The lowest BCUT2D eigenvalue weighted by Gasteiger charge is -2.26. The summed E-state index contributed by atoms with van der Waals surface area (Å²) in [6, 6.07) is 24.3. The van der Waals surface area contributed by atoms with Crippen LogP contribution in [0.4, 0.5) is 0 Å². The molecule has 1 aliphatic rings. The van der Waals surface area contributed by atoms with Gasteiger partial charge in [0.25, 0.3) is 5.56 Å². The predicted molar refractivity (Wildman–Crippen MR) is 126 cm³/mol. The number of ether oxygens (including phenoxy) is 1. The third-order valence-corrected chi connectivity index (χ3v) is 5.91. The molecule has 1 aromatic heterocycles. The molecule has 6 nitrogen and oxygen atoms in total. The Bertz CT molecular complexity index is 1260. The fourth-order valence-corrected chi connectivity index (χ4v) is 4.16. The number of hydrogen-bond acceptors (Lipinski definition) is 5. The first-order chi connectivity index (χ1) is 15.8. The van der Waals surface area contributed by atoms with Gasteiger partial charge in [-0.05, 0) is 16.3 Å². The van der Waals surface area contributed by atoms with Gasteiger partial charge in [0.2, 0.25) is 0 Å². The molecule has 1 aliphatic heterocycles. The van der Waals surface area contributed by atoms with Crippen molar-refractivity contribution in [2.24, 2.45) is 0 Å². The predicted octanol–water partition coefficient (Wildman–Crippen LogP) is 3.38. The zero-order chi connectivity index (χ0) is 21.8. The van der Waals surface area contributed by atoms with Gasteiger partial charge in [-0.2, -0.15) is 0 Å². The van der Waals surface area contributed by atoms with Crippen LogP contribution in [0.2, 0.25) is 0 Å². The lowest BCUT2D eigenvalue weighted by Crippen LogP contribution is -2.40. The molecule has 0 bridgehead atoms. The van der Waals surface area contributed by atoms with Crippen molar-refractivity contribution in [3.8, 4) is 11.4 Å². The fraction of sp³-hybridized carbons (Fsp3) is 0.269. The van der Waals surface area contributed by atoms with Crippen molar-refractivity contribution in [2.75, 3.05) is 32.8 Å². The first kappa shape index (κ1) is 20.5. The molecule has 0 unspecified atom stereocenters. The maximum Gasteiger partial charge on any atom is 0.288 e. The molecular weight excluding hydrogens is 400 g/mol. The van der Waals surface area contributed by atoms with Gasteiger partial charge in [0.1, 0.15) is 5.69 Å². The molecule has 32 heavy (non-hydrogen) atoms. The summed E-state index contributed by atoms with van der Waals surface area (Å²) >= 11 is 0. The van der Waals surface area contributed by atoms with Gasteiger partial charge >= 0.3 is 0 Å². The van der Waals surface area contributed by atoms with Gasteiger partial charge in [-0.1, -0.05) is 72.8 Å². The number of nitrogens with zero attached hydrogens (tertiary/aromatic N) is 4. The minimum atomic E-state index is -0.119. The third kappa shape index (κ3) is 4.47. The van der Waals surface area contributed by atoms with E-state index in [0.29, 0.717) is 24.5 Å². The molecule has 0 radical (unpaired) electrons. The average Bonchev–Trinajstić information content (AvgIpc) is 2.85. The Morgan fingerprint density at radius 2 is 1.59 bits per heavy atom. The highest BCUT2D eigenvalue weighted by Crippen LogP contribution is 2.25. The highest BCUT2D eigenvalue weighted by atomic mass is 16.5. The molecule has 2 heterocycles. The minimum Gasteiger partial charge on any atom is -0.379 e. The van der Waals surface area contributed by atoms with E-state index in [1.54, 1.807) is 4.68 Å². The molecule has 6 heteroatoms. The first-order valence-electron chi connectivity index (χ1n) is 11.1. The largest absolute Gasteiger partial charge is 0.379 e. The molecule has 1 fully saturated rings. The van der Waals surface area contributed by atoms with Gasteiger partial charge in [0.15, 0.2) is 5.82 Å². The summed E-state index contributed by atoms with van der Waals surface area (Å²) in [5, 5.41) is 6.93. The smallest absolute Gasteiger partial charge is 0.288 e. The fourth-order valence-electron chi connectivity index (χ4n) is 4.16. The maximum atomic E-state index is 13.3. The molecule has 0 amide bonds. The van der Waals surface area contributed by atoms with Gasteiger partial charge in [-0.3, -0.25) is 9.69 Å². The second kappa shape index (κ2) is 9.42. The summed E-state index contributed by atoms with van der Waals surface area (Å²) in [6.07, 6.45) is 0.484. The Balaban J connectivity index is 1.56. The van der Waals surface area contributed by atoms with Crippen LogP contribution in [0.3, 0.4) is 0 Å². The molecule has 0 aliphatic carbocycles. The van der Waals surface area contributed by atoms with Crippen molar-refractivity contribution in [2.45, 2.75) is 13.0 Å². The van der Waals surface area contributed by atoms with E-state index in [-0.39, 0.29) is 5.56 Å². The Hall–Kier alpha value is -3.35. The lowest BCUT2D eigenvalue weighted by atomic mass is 10.0. The van der Waals surface area contributed by atoms with E-state index in [1.165, 1.54) is 0 Å². The lowest BCUT2D eigenvalue weighted by molar-refractivity contribution is 0.0358. The van der Waals surface area contributed by atoms with E-state index in [2.05, 4.69) is 23.1 Å². The van der Waals surface area contributed by atoms with Crippen molar-refractivity contribution in [1.82, 2.24) is 19.7 Å². The molecule has 4 aromatic rings. The third-order valence-electron chi connectivity index (χ3n) is 5.91. The number of rotatable bonds is 6. The number of aromatic nitrogens is 3. The van der Waals surface area contributed by atoms with Crippen LogP contribution in [0.1, 0.15) is 11.3 Å². The number of morpholine rings is 1. The zero-order valence-electron chi connectivity index (χ0n) is 18.0. The van der Waals surface area contributed by atoms with Crippen LogP contribution >= 0.6 is 0 Å². The highest BCUT2D eigenvalue weighted by molar-refractivity contribution is 5.94. The number of hydrogen-bond donors (Lipinski definition) is 0. The van der Waals surface area contributed by atoms with Crippen molar-refractivity contribution < 1.29 is 4.74 Å². The molecule has 0 atom stereocenters. The van der Waals surface area contributed by atoms with Gasteiger partial charge < -0.3 is 4.74 Å². The minimum absolute atomic E-state index is 0.119. The van der Waals surface area contributed by atoms with E-state index in [0.717, 1.165) is 54.7 Å². The zero-order valence-corrected chi connectivity index (χ0v) is 18.0. The molecular formula is C26H26N4O2. The quantitative estimate of drug-likeness (QED) is 0.473. The molecule has 162 valence electrons. The molecule has 3 aromatic carbocycles. The van der Waals surface area contributed by atoms with Gasteiger partial charge in [-0.15, -0.1) is 5.10 Å². The second-order valence-corrected chi connectivity index (χ2v) is 8.05. The normalized spacial score (nSPS) is 14.6. The SMILES string of the molecule is O=c1c(Cc2ccccc2)nc(-c2cccc3ccccc23)nn1CCN1CCOCC1. The number of benzene rings is 3. The van der Waals surface area contributed by atoms with E-state index in [4.69, 9.17) is 14.8 Å². The van der Waals surface area contributed by atoms with Crippen molar-refractivity contribution >= 4 is 10.8 Å². The highest BCUT2D eigenvalue weighted by Gasteiger charge is 2.16. The van der Waals surface area contributed by atoms with E-state index in [9.17, 15) is 4.79 Å². The Morgan fingerprint density at radius 1 is 0.844 bits per heavy atom. The van der Waals surface area contributed by atoms with Crippen LogP contribution in [0.5, 0.6) is 0 Å². The summed E-state index contributed by atoms with van der Waals surface area (Å²) in [5.74, 6) is 0.592. The van der Waals surface area contributed by atoms with E-state index in [1.807, 2.05) is 54.6 Å². The van der Waals surface area contributed by atoms with Crippen LogP contribution in [-0.2, 0) is 17.7 Å². The Kier molecular flexibility index (Phi) is 6.05. The summed E-state index contributed by atoms with van der Waals surface area (Å²) < 4.78 is 7.04. The molecule has 0 spiro atoms. The molecule has 1 saturated heterocycles. The maximum absolute atomic E-state index is 13.3. The summed E-state index contributed by atoms with van der Waals surface area (Å²) in [4.78, 5) is 20.4. The van der Waals surface area contributed by atoms with E-state index < -0.39 is 0 Å². The van der Waals surface area contributed by atoms with E-state index >= 15 is 0 Å². The van der Waals surface area contributed by atoms with Crippen LogP contribution in [0.25, 0.3) is 22.2 Å². The van der Waals surface area contributed by atoms with Crippen molar-refractivity contribution in [1.29, 1.82) is 0 Å². The van der Waals surface area contributed by atoms with Crippen LogP contribution in [-0.4, -0.2) is 52.5 Å². The molecule has 5 rings (SSSR count). The Morgan fingerprint density at radius 3 is 2.44 bits per heavy atom.